The molecule has 1 saturated carbocycles. The summed E-state index contributed by atoms with van der Waals surface area (Å²) in [6.07, 6.45) is 9.44. The summed E-state index contributed by atoms with van der Waals surface area (Å²) in [6.45, 7) is 4.94. The van der Waals surface area contributed by atoms with Crippen LogP contribution in [0.5, 0.6) is 5.88 Å². The van der Waals surface area contributed by atoms with Gasteiger partial charge in [0.1, 0.15) is 18.2 Å². The molecule has 1 aliphatic rings. The molecule has 0 bridgehead atoms. The number of ether oxygens (including phenoxy) is 1. The normalized spacial score (nSPS) is 17.2. The third-order valence-corrected chi connectivity index (χ3v) is 3.46. The summed E-state index contributed by atoms with van der Waals surface area (Å²) in [4.78, 5) is 8.51. The molecule has 0 saturated heterocycles. The zero-order valence-corrected chi connectivity index (χ0v) is 11.4. The quantitative estimate of drug-likeness (QED) is 0.832. The van der Waals surface area contributed by atoms with Crippen molar-refractivity contribution in [3.05, 3.63) is 11.9 Å². The lowest BCUT2D eigenvalue weighted by Crippen LogP contribution is -2.17. The second kappa shape index (κ2) is 6.57. The van der Waals surface area contributed by atoms with Gasteiger partial charge >= 0.3 is 0 Å². The summed E-state index contributed by atoms with van der Waals surface area (Å²) >= 11 is 0. The number of nitrogens with zero attached hydrogens (tertiary/aromatic N) is 2. The van der Waals surface area contributed by atoms with Crippen LogP contribution in [-0.2, 0) is 0 Å². The molecule has 0 aromatic carbocycles. The monoisotopic (exact) mass is 249 g/mol. The van der Waals surface area contributed by atoms with Gasteiger partial charge in [-0.05, 0) is 39.5 Å². The average Bonchev–Trinajstić information content (AvgIpc) is 2.63. The Balaban J connectivity index is 2.05. The van der Waals surface area contributed by atoms with Crippen molar-refractivity contribution in [3.63, 3.8) is 0 Å². The minimum absolute atomic E-state index is 0.329. The van der Waals surface area contributed by atoms with Gasteiger partial charge in [-0.1, -0.05) is 12.8 Å². The minimum atomic E-state index is 0.329. The van der Waals surface area contributed by atoms with E-state index in [9.17, 15) is 0 Å². The molecule has 2 rings (SSSR count). The lowest BCUT2D eigenvalue weighted by atomic mass is 10.1. The van der Waals surface area contributed by atoms with Gasteiger partial charge in [0.15, 0.2) is 0 Å². The lowest BCUT2D eigenvalue weighted by molar-refractivity contribution is 0.174. The predicted octanol–water partition coefficient (Wildman–Crippen LogP) is 3.32. The first-order valence-electron chi connectivity index (χ1n) is 7.03. The molecule has 0 amide bonds. The number of aromatic nitrogens is 2. The fourth-order valence-electron chi connectivity index (χ4n) is 2.42. The Morgan fingerprint density at radius 2 is 1.94 bits per heavy atom. The summed E-state index contributed by atoms with van der Waals surface area (Å²) < 4.78 is 6.06. The van der Waals surface area contributed by atoms with E-state index < -0.39 is 0 Å². The fraction of sp³-hybridized carbons (Fsp3) is 0.714. The second-order valence-corrected chi connectivity index (χ2v) is 4.91. The standard InChI is InChI=1S/C14H23N3O/c1-3-15-13-11(2)14(17-10-16-13)18-12-8-6-4-5-7-9-12/h10,12H,3-9H2,1-2H3,(H,15,16,17). The van der Waals surface area contributed by atoms with Crippen LogP contribution in [0, 0.1) is 6.92 Å². The number of hydrogen-bond donors (Lipinski definition) is 1. The van der Waals surface area contributed by atoms with E-state index in [4.69, 9.17) is 4.74 Å². The maximum atomic E-state index is 6.06. The third kappa shape index (κ3) is 3.34. The van der Waals surface area contributed by atoms with Crippen LogP contribution >= 0.6 is 0 Å². The van der Waals surface area contributed by atoms with Gasteiger partial charge in [0.05, 0.1) is 5.56 Å². The molecule has 4 nitrogen and oxygen atoms in total. The van der Waals surface area contributed by atoms with Crippen molar-refractivity contribution in [1.82, 2.24) is 9.97 Å². The van der Waals surface area contributed by atoms with E-state index >= 15 is 0 Å². The summed E-state index contributed by atoms with van der Waals surface area (Å²) in [5, 5.41) is 3.23. The molecule has 0 spiro atoms. The highest BCUT2D eigenvalue weighted by Crippen LogP contribution is 2.25. The van der Waals surface area contributed by atoms with Crippen LogP contribution in [0.2, 0.25) is 0 Å². The van der Waals surface area contributed by atoms with Crippen LogP contribution in [0.3, 0.4) is 0 Å². The number of rotatable bonds is 4. The Morgan fingerprint density at radius 1 is 1.22 bits per heavy atom. The number of anilines is 1. The van der Waals surface area contributed by atoms with Crippen LogP contribution in [-0.4, -0.2) is 22.6 Å². The van der Waals surface area contributed by atoms with E-state index in [1.807, 2.05) is 6.92 Å². The van der Waals surface area contributed by atoms with E-state index in [0.29, 0.717) is 6.10 Å². The Kier molecular flexibility index (Phi) is 4.79. The molecule has 1 aromatic heterocycles. The van der Waals surface area contributed by atoms with Crippen molar-refractivity contribution >= 4 is 5.82 Å². The molecule has 100 valence electrons. The van der Waals surface area contributed by atoms with E-state index in [0.717, 1.165) is 36.6 Å². The Bertz CT molecular complexity index is 373. The second-order valence-electron chi connectivity index (χ2n) is 4.91. The van der Waals surface area contributed by atoms with Gasteiger partial charge in [-0.15, -0.1) is 0 Å². The largest absolute Gasteiger partial charge is 0.474 e. The third-order valence-electron chi connectivity index (χ3n) is 3.46. The van der Waals surface area contributed by atoms with Crippen LogP contribution < -0.4 is 10.1 Å². The van der Waals surface area contributed by atoms with Crippen molar-refractivity contribution < 1.29 is 4.74 Å². The van der Waals surface area contributed by atoms with Gasteiger partial charge in [-0.25, -0.2) is 9.97 Å². The van der Waals surface area contributed by atoms with E-state index in [1.54, 1.807) is 6.33 Å². The molecule has 0 unspecified atom stereocenters. The summed E-state index contributed by atoms with van der Waals surface area (Å²) in [5.41, 5.74) is 1.02. The van der Waals surface area contributed by atoms with E-state index in [-0.39, 0.29) is 0 Å². The first-order chi connectivity index (χ1) is 8.81. The molecule has 4 heteroatoms. The average molecular weight is 249 g/mol. The lowest BCUT2D eigenvalue weighted by Gasteiger charge is -2.18. The molecular weight excluding hydrogens is 226 g/mol. The zero-order valence-electron chi connectivity index (χ0n) is 11.4. The number of nitrogens with one attached hydrogen (secondary N) is 1. The topological polar surface area (TPSA) is 47.0 Å². The van der Waals surface area contributed by atoms with Crippen LogP contribution in [0.25, 0.3) is 0 Å². The van der Waals surface area contributed by atoms with E-state index in [2.05, 4.69) is 22.2 Å². The van der Waals surface area contributed by atoms with Crippen molar-refractivity contribution in [2.45, 2.75) is 58.5 Å². The van der Waals surface area contributed by atoms with Crippen molar-refractivity contribution in [2.24, 2.45) is 0 Å². The maximum Gasteiger partial charge on any atom is 0.221 e. The van der Waals surface area contributed by atoms with Gasteiger partial charge in [0.25, 0.3) is 0 Å². The Hall–Kier alpha value is -1.32. The Labute approximate surface area is 109 Å². The van der Waals surface area contributed by atoms with Gasteiger partial charge in [0, 0.05) is 6.54 Å². The van der Waals surface area contributed by atoms with Crippen LogP contribution in [0.15, 0.2) is 6.33 Å². The highest BCUT2D eigenvalue weighted by Gasteiger charge is 2.16. The van der Waals surface area contributed by atoms with Crippen molar-refractivity contribution in [2.75, 3.05) is 11.9 Å². The highest BCUT2D eigenvalue weighted by molar-refractivity contribution is 5.47. The molecule has 1 aliphatic carbocycles. The smallest absolute Gasteiger partial charge is 0.221 e. The van der Waals surface area contributed by atoms with Crippen molar-refractivity contribution in [1.29, 1.82) is 0 Å². The molecule has 1 aromatic rings. The van der Waals surface area contributed by atoms with Gasteiger partial charge in [0.2, 0.25) is 5.88 Å². The van der Waals surface area contributed by atoms with E-state index in [1.165, 1.54) is 25.7 Å². The minimum Gasteiger partial charge on any atom is -0.474 e. The molecule has 1 N–H and O–H groups in total. The van der Waals surface area contributed by atoms with Gasteiger partial charge in [-0.2, -0.15) is 0 Å². The first-order valence-corrected chi connectivity index (χ1v) is 7.03. The zero-order chi connectivity index (χ0) is 12.8. The molecule has 0 aliphatic heterocycles. The van der Waals surface area contributed by atoms with Crippen LogP contribution in [0.4, 0.5) is 5.82 Å². The predicted molar refractivity (Wildman–Crippen MR) is 73.1 cm³/mol. The van der Waals surface area contributed by atoms with Crippen LogP contribution in [0.1, 0.15) is 51.0 Å². The summed E-state index contributed by atoms with van der Waals surface area (Å²) in [5.74, 6) is 1.63. The molecule has 18 heavy (non-hydrogen) atoms. The molecule has 1 heterocycles. The summed E-state index contributed by atoms with van der Waals surface area (Å²) in [7, 11) is 0. The molecular formula is C14H23N3O. The molecule has 0 radical (unpaired) electrons. The van der Waals surface area contributed by atoms with Gasteiger partial charge < -0.3 is 10.1 Å². The fourth-order valence-corrected chi connectivity index (χ4v) is 2.42. The SMILES string of the molecule is CCNc1ncnc(OC2CCCCCC2)c1C. The number of hydrogen-bond acceptors (Lipinski definition) is 4. The van der Waals surface area contributed by atoms with Crippen molar-refractivity contribution in [3.8, 4) is 5.88 Å². The maximum absolute atomic E-state index is 6.06. The summed E-state index contributed by atoms with van der Waals surface area (Å²) in [6, 6.07) is 0. The Morgan fingerprint density at radius 3 is 2.61 bits per heavy atom. The highest BCUT2D eigenvalue weighted by atomic mass is 16.5. The molecule has 1 fully saturated rings. The van der Waals surface area contributed by atoms with Gasteiger partial charge in [-0.3, -0.25) is 0 Å². The first kappa shape index (κ1) is 13.1. The molecule has 0 atom stereocenters.